The lowest BCUT2D eigenvalue weighted by Gasteiger charge is -1.94. The maximum Gasteiger partial charge on any atom is 0.139 e. The van der Waals surface area contributed by atoms with Gasteiger partial charge in [0.1, 0.15) is 17.8 Å². The van der Waals surface area contributed by atoms with Crippen LogP contribution in [0.25, 0.3) is 0 Å². The van der Waals surface area contributed by atoms with Gasteiger partial charge in [0.2, 0.25) is 0 Å². The third-order valence-corrected chi connectivity index (χ3v) is 3.19. The van der Waals surface area contributed by atoms with Crippen LogP contribution < -0.4 is 0 Å². The van der Waals surface area contributed by atoms with E-state index in [0.29, 0.717) is 17.8 Å². The number of nitrogens with zero attached hydrogens (tertiary/aromatic N) is 2. The Morgan fingerprint density at radius 1 is 0.792 bits per heavy atom. The smallest absolute Gasteiger partial charge is 0.139 e. The normalized spacial score (nSPS) is 10.4. The van der Waals surface area contributed by atoms with Crippen molar-refractivity contribution >= 4 is 0 Å². The molecule has 5 heteroatoms. The standard InChI is InChI=1S/C7H10O.2C6H9NO/c1-6(2)7-4-3-5-8-7;1-5(2)6-3-4-8-7-6;1-5(2)6-3-4-7-8-6/h3-6H,1-2H3;2*3-5H,1-2H3. The maximum absolute atomic E-state index is 5.09. The summed E-state index contributed by atoms with van der Waals surface area (Å²) in [5.41, 5.74) is 1.02. The van der Waals surface area contributed by atoms with E-state index in [1.807, 2.05) is 24.3 Å². The summed E-state index contributed by atoms with van der Waals surface area (Å²) in [7, 11) is 0. The van der Waals surface area contributed by atoms with Gasteiger partial charge in [0.25, 0.3) is 0 Å². The molecule has 0 bridgehead atoms. The van der Waals surface area contributed by atoms with E-state index < -0.39 is 0 Å². The van der Waals surface area contributed by atoms with Crippen LogP contribution >= 0.6 is 0 Å². The zero-order valence-corrected chi connectivity index (χ0v) is 15.4. The van der Waals surface area contributed by atoms with Gasteiger partial charge in [-0.1, -0.05) is 51.9 Å². The molecular formula is C19H28N2O3. The van der Waals surface area contributed by atoms with Crippen LogP contribution in [0.5, 0.6) is 0 Å². The van der Waals surface area contributed by atoms with E-state index in [9.17, 15) is 0 Å². The predicted octanol–water partition coefficient (Wildman–Crippen LogP) is 6.00. The average Bonchev–Trinajstić information content (AvgIpc) is 3.29. The minimum Gasteiger partial charge on any atom is -0.469 e. The van der Waals surface area contributed by atoms with Crippen LogP contribution in [0.3, 0.4) is 0 Å². The summed E-state index contributed by atoms with van der Waals surface area (Å²) in [6.45, 7) is 12.5. The molecule has 0 atom stereocenters. The van der Waals surface area contributed by atoms with Crippen molar-refractivity contribution in [2.45, 2.75) is 59.3 Å². The van der Waals surface area contributed by atoms with Crippen molar-refractivity contribution in [3.8, 4) is 0 Å². The number of furan rings is 1. The summed E-state index contributed by atoms with van der Waals surface area (Å²) >= 11 is 0. The zero-order valence-electron chi connectivity index (χ0n) is 15.4. The van der Waals surface area contributed by atoms with Crippen LogP contribution in [-0.2, 0) is 0 Å². The Morgan fingerprint density at radius 2 is 1.50 bits per heavy atom. The largest absolute Gasteiger partial charge is 0.469 e. The van der Waals surface area contributed by atoms with E-state index in [2.05, 4.69) is 56.4 Å². The van der Waals surface area contributed by atoms with Crippen molar-refractivity contribution in [1.29, 1.82) is 0 Å². The lowest BCUT2D eigenvalue weighted by molar-refractivity contribution is 0.371. The Balaban J connectivity index is 0.000000180. The quantitative estimate of drug-likeness (QED) is 0.588. The molecule has 0 radical (unpaired) electrons. The summed E-state index contributed by atoms with van der Waals surface area (Å²) in [4.78, 5) is 0. The first-order valence-corrected chi connectivity index (χ1v) is 8.26. The molecule has 24 heavy (non-hydrogen) atoms. The van der Waals surface area contributed by atoms with E-state index in [0.717, 1.165) is 17.2 Å². The lowest BCUT2D eigenvalue weighted by atomic mass is 10.1. The second-order valence-electron chi connectivity index (χ2n) is 6.32. The van der Waals surface area contributed by atoms with Crippen LogP contribution in [0, 0.1) is 0 Å². The first kappa shape index (κ1) is 19.7. The first-order valence-electron chi connectivity index (χ1n) is 8.26. The monoisotopic (exact) mass is 332 g/mol. The molecular weight excluding hydrogens is 304 g/mol. The predicted molar refractivity (Wildman–Crippen MR) is 94.0 cm³/mol. The fourth-order valence-corrected chi connectivity index (χ4v) is 1.66. The second-order valence-corrected chi connectivity index (χ2v) is 6.32. The van der Waals surface area contributed by atoms with Gasteiger partial charge in [0, 0.05) is 24.0 Å². The number of hydrogen-bond donors (Lipinski definition) is 0. The molecule has 0 fully saturated rings. The van der Waals surface area contributed by atoms with Gasteiger partial charge in [-0.05, 0) is 18.1 Å². The Morgan fingerprint density at radius 3 is 1.75 bits per heavy atom. The number of aromatic nitrogens is 2. The molecule has 0 amide bonds. The summed E-state index contributed by atoms with van der Waals surface area (Å²) < 4.78 is 14.6. The van der Waals surface area contributed by atoms with Crippen LogP contribution in [0.4, 0.5) is 0 Å². The SMILES string of the molecule is CC(C)c1ccco1.CC(C)c1ccno1.CC(C)c1ccon1. The zero-order chi connectivity index (χ0) is 17.9. The molecule has 0 spiro atoms. The summed E-state index contributed by atoms with van der Waals surface area (Å²) in [5, 5.41) is 7.31. The van der Waals surface area contributed by atoms with Crippen LogP contribution in [0.1, 0.15) is 76.5 Å². The number of rotatable bonds is 3. The average molecular weight is 332 g/mol. The van der Waals surface area contributed by atoms with Crippen LogP contribution in [-0.4, -0.2) is 10.3 Å². The molecule has 0 unspecified atom stereocenters. The van der Waals surface area contributed by atoms with Gasteiger partial charge in [0.15, 0.2) is 0 Å². The third kappa shape index (κ3) is 7.31. The van der Waals surface area contributed by atoms with Gasteiger partial charge in [0.05, 0.1) is 18.2 Å². The van der Waals surface area contributed by atoms with Gasteiger partial charge >= 0.3 is 0 Å². The van der Waals surface area contributed by atoms with Crippen molar-refractivity contribution in [2.24, 2.45) is 0 Å². The van der Waals surface area contributed by atoms with Crippen LogP contribution in [0.2, 0.25) is 0 Å². The van der Waals surface area contributed by atoms with Crippen molar-refractivity contribution < 1.29 is 13.5 Å². The van der Waals surface area contributed by atoms with E-state index >= 15 is 0 Å². The molecule has 5 nitrogen and oxygen atoms in total. The van der Waals surface area contributed by atoms with Gasteiger partial charge in [-0.2, -0.15) is 0 Å². The Kier molecular flexibility index (Phi) is 8.61. The van der Waals surface area contributed by atoms with Crippen molar-refractivity contribution in [3.05, 3.63) is 60.2 Å². The lowest BCUT2D eigenvalue weighted by Crippen LogP contribution is -1.83. The highest BCUT2D eigenvalue weighted by Crippen LogP contribution is 2.13. The molecule has 0 aromatic carbocycles. The van der Waals surface area contributed by atoms with Gasteiger partial charge in [-0.15, -0.1) is 0 Å². The molecule has 0 saturated heterocycles. The van der Waals surface area contributed by atoms with Crippen molar-refractivity contribution in [2.75, 3.05) is 0 Å². The first-order chi connectivity index (χ1) is 11.4. The Hall–Kier alpha value is -2.30. The summed E-state index contributed by atoms with van der Waals surface area (Å²) in [6, 6.07) is 7.66. The molecule has 0 aliphatic heterocycles. The molecule has 3 rings (SSSR count). The molecule has 132 valence electrons. The van der Waals surface area contributed by atoms with Crippen LogP contribution in [0.15, 0.2) is 56.5 Å². The molecule has 0 N–H and O–H groups in total. The van der Waals surface area contributed by atoms with Crippen molar-refractivity contribution in [3.63, 3.8) is 0 Å². The highest BCUT2D eigenvalue weighted by molar-refractivity contribution is 5.02. The fourth-order valence-electron chi connectivity index (χ4n) is 1.66. The highest BCUT2D eigenvalue weighted by Gasteiger charge is 2.00. The molecule has 0 saturated carbocycles. The molecule has 0 aliphatic carbocycles. The molecule has 3 heterocycles. The molecule has 3 aromatic heterocycles. The van der Waals surface area contributed by atoms with Gasteiger partial charge in [-0.3, -0.25) is 0 Å². The number of hydrogen-bond acceptors (Lipinski definition) is 5. The Bertz CT molecular complexity index is 519. The van der Waals surface area contributed by atoms with E-state index in [4.69, 9.17) is 8.94 Å². The van der Waals surface area contributed by atoms with Crippen molar-refractivity contribution in [1.82, 2.24) is 10.3 Å². The highest BCUT2D eigenvalue weighted by atomic mass is 16.5. The van der Waals surface area contributed by atoms with E-state index in [1.165, 1.54) is 0 Å². The van der Waals surface area contributed by atoms with Gasteiger partial charge < -0.3 is 13.5 Å². The minimum absolute atomic E-state index is 0.456. The summed E-state index contributed by atoms with van der Waals surface area (Å²) in [5.74, 6) is 3.46. The molecule has 0 aliphatic rings. The summed E-state index contributed by atoms with van der Waals surface area (Å²) in [6.07, 6.45) is 4.96. The molecule has 3 aromatic rings. The topological polar surface area (TPSA) is 65.2 Å². The third-order valence-electron chi connectivity index (χ3n) is 3.19. The fraction of sp³-hybridized carbons (Fsp3) is 0.474. The second kappa shape index (κ2) is 10.5. The van der Waals surface area contributed by atoms with E-state index in [1.54, 1.807) is 18.7 Å². The van der Waals surface area contributed by atoms with Gasteiger partial charge in [-0.25, -0.2) is 0 Å². The minimum atomic E-state index is 0.456. The Labute approximate surface area is 144 Å². The maximum atomic E-state index is 5.09. The van der Waals surface area contributed by atoms with E-state index in [-0.39, 0.29) is 0 Å².